The van der Waals surface area contributed by atoms with Gasteiger partial charge in [-0.25, -0.2) is 4.79 Å². The fourth-order valence-electron chi connectivity index (χ4n) is 5.10. The molecule has 2 fully saturated rings. The van der Waals surface area contributed by atoms with Crippen molar-refractivity contribution in [1.82, 2.24) is 0 Å². The number of hydrogen-bond acceptors (Lipinski definition) is 5. The maximum atomic E-state index is 12.4. The summed E-state index contributed by atoms with van der Waals surface area (Å²) in [5, 5.41) is 0. The van der Waals surface area contributed by atoms with Gasteiger partial charge < -0.3 is 14.2 Å². The Bertz CT molecular complexity index is 633. The van der Waals surface area contributed by atoms with Crippen LogP contribution in [0.25, 0.3) is 0 Å². The zero-order valence-electron chi connectivity index (χ0n) is 13.0. The smallest absolute Gasteiger partial charge is 0.333 e. The second kappa shape index (κ2) is 4.22. The van der Waals surface area contributed by atoms with Crippen LogP contribution in [0.4, 0.5) is 0 Å². The lowest BCUT2D eigenvalue weighted by molar-refractivity contribution is -0.163. The van der Waals surface area contributed by atoms with Gasteiger partial charge in [-0.05, 0) is 31.4 Å². The molecule has 0 N–H and O–H groups in total. The van der Waals surface area contributed by atoms with E-state index in [-0.39, 0.29) is 29.4 Å². The van der Waals surface area contributed by atoms with E-state index in [1.165, 1.54) is 7.11 Å². The normalized spacial score (nSPS) is 46.0. The van der Waals surface area contributed by atoms with Gasteiger partial charge in [0, 0.05) is 30.1 Å². The second-order valence-electron chi connectivity index (χ2n) is 7.22. The third-order valence-corrected chi connectivity index (χ3v) is 6.03. The highest BCUT2D eigenvalue weighted by atomic mass is 16.7. The van der Waals surface area contributed by atoms with Crippen molar-refractivity contribution in [2.75, 3.05) is 7.11 Å². The topological polar surface area (TPSA) is 61.8 Å². The largest absolute Gasteiger partial charge is 0.457 e. The van der Waals surface area contributed by atoms with Crippen LogP contribution < -0.4 is 0 Å². The third kappa shape index (κ3) is 1.52. The average Bonchev–Trinajstić information content (AvgIpc) is 2.72. The van der Waals surface area contributed by atoms with E-state index in [0.29, 0.717) is 0 Å². The van der Waals surface area contributed by atoms with E-state index < -0.39 is 11.7 Å². The molecule has 1 saturated carbocycles. The van der Waals surface area contributed by atoms with E-state index in [0.717, 1.165) is 30.4 Å². The molecule has 2 heterocycles. The molecule has 1 saturated heterocycles. The minimum atomic E-state index is -0.710. The zero-order chi connectivity index (χ0) is 15.7. The van der Waals surface area contributed by atoms with Gasteiger partial charge in [0.25, 0.3) is 0 Å². The van der Waals surface area contributed by atoms with Crippen molar-refractivity contribution in [1.29, 1.82) is 0 Å². The van der Waals surface area contributed by atoms with E-state index in [2.05, 4.69) is 6.92 Å². The molecular formula is C17H20O5. The van der Waals surface area contributed by atoms with Gasteiger partial charge in [-0.3, -0.25) is 4.79 Å². The van der Waals surface area contributed by atoms with Gasteiger partial charge in [-0.1, -0.05) is 13.3 Å². The molecule has 4 aliphatic rings. The Morgan fingerprint density at radius 2 is 1.91 bits per heavy atom. The minimum Gasteiger partial charge on any atom is -0.457 e. The van der Waals surface area contributed by atoms with Gasteiger partial charge in [0.05, 0.1) is 5.41 Å². The zero-order valence-corrected chi connectivity index (χ0v) is 13.0. The molecule has 0 bridgehead atoms. The number of fused-ring (bicyclic) bond motifs is 2. The molecule has 0 aromatic heterocycles. The molecule has 4 rings (SSSR count). The highest BCUT2D eigenvalue weighted by Gasteiger charge is 2.65. The summed E-state index contributed by atoms with van der Waals surface area (Å²) in [5.74, 6) is -0.429. The second-order valence-corrected chi connectivity index (χ2v) is 7.22. The molecule has 5 nitrogen and oxygen atoms in total. The lowest BCUT2D eigenvalue weighted by atomic mass is 9.50. The van der Waals surface area contributed by atoms with Gasteiger partial charge in [-0.2, -0.15) is 0 Å². The maximum Gasteiger partial charge on any atom is 0.333 e. The molecule has 2 aliphatic heterocycles. The quantitative estimate of drug-likeness (QED) is 0.694. The first kappa shape index (κ1) is 14.0. The predicted molar refractivity (Wildman–Crippen MR) is 76.5 cm³/mol. The van der Waals surface area contributed by atoms with Crippen LogP contribution in [0.5, 0.6) is 0 Å². The number of rotatable bonds is 1. The summed E-state index contributed by atoms with van der Waals surface area (Å²) in [4.78, 5) is 24.4. The van der Waals surface area contributed by atoms with Crippen molar-refractivity contribution in [2.24, 2.45) is 16.7 Å². The van der Waals surface area contributed by atoms with Crippen LogP contribution in [0, 0.1) is 16.7 Å². The summed E-state index contributed by atoms with van der Waals surface area (Å²) in [5.41, 5.74) is 1.07. The van der Waals surface area contributed by atoms with Crippen molar-refractivity contribution in [3.63, 3.8) is 0 Å². The number of esters is 2. The summed E-state index contributed by atoms with van der Waals surface area (Å²) in [6.07, 6.45) is 5.26. The molecule has 1 unspecified atom stereocenters. The Kier molecular flexibility index (Phi) is 2.69. The summed E-state index contributed by atoms with van der Waals surface area (Å²) < 4.78 is 16.2. The fraction of sp³-hybridized carbons (Fsp3) is 0.647. The Hall–Kier alpha value is -1.62. The van der Waals surface area contributed by atoms with Crippen LogP contribution in [-0.4, -0.2) is 31.4 Å². The molecular weight excluding hydrogens is 284 g/mol. The van der Waals surface area contributed by atoms with Gasteiger partial charge in [0.15, 0.2) is 0 Å². The van der Waals surface area contributed by atoms with Crippen molar-refractivity contribution < 1.29 is 23.8 Å². The number of carbonyl (C=O) groups is 2. The molecule has 0 aromatic rings. The highest BCUT2D eigenvalue weighted by Crippen LogP contribution is 2.64. The molecule has 22 heavy (non-hydrogen) atoms. The fourth-order valence-corrected chi connectivity index (χ4v) is 5.10. The number of carbonyl (C=O) groups excluding carboxylic acids is 2. The SMILES string of the molecule is CO[C@H]1OC(=O)C=C2C1=C[C@H]1OC(=O)[C@@]3(C)CCC[C@@]2(C)C13. The summed E-state index contributed by atoms with van der Waals surface area (Å²) in [6, 6.07) is 0. The van der Waals surface area contributed by atoms with E-state index in [1.54, 1.807) is 6.08 Å². The standard InChI is InChI=1S/C17H20O5/c1-16-5-4-6-17(2)13(16)11(21-15(17)19)7-9-10(16)8-12(18)22-14(9)20-3/h7-8,11,13-14H,4-6H2,1-3H3/t11-,13?,14+,16-,17+/m1/s1. The first-order valence-corrected chi connectivity index (χ1v) is 7.79. The number of cyclic esters (lactones) is 1. The molecule has 0 spiro atoms. The van der Waals surface area contributed by atoms with E-state index in [4.69, 9.17) is 14.2 Å². The summed E-state index contributed by atoms with van der Waals surface area (Å²) in [6.45, 7) is 4.15. The van der Waals surface area contributed by atoms with Crippen molar-refractivity contribution in [3.05, 3.63) is 23.3 Å². The predicted octanol–water partition coefficient (Wildman–Crippen LogP) is 2.12. The van der Waals surface area contributed by atoms with Gasteiger partial charge in [0.2, 0.25) is 6.29 Å². The van der Waals surface area contributed by atoms with Gasteiger partial charge in [0.1, 0.15) is 6.10 Å². The molecule has 118 valence electrons. The van der Waals surface area contributed by atoms with Crippen molar-refractivity contribution in [3.8, 4) is 0 Å². The number of methoxy groups -OCH3 is 1. The van der Waals surface area contributed by atoms with Crippen LogP contribution in [0.3, 0.4) is 0 Å². The van der Waals surface area contributed by atoms with Crippen LogP contribution >= 0.6 is 0 Å². The average molecular weight is 304 g/mol. The van der Waals surface area contributed by atoms with Crippen molar-refractivity contribution in [2.45, 2.75) is 45.5 Å². The lowest BCUT2D eigenvalue weighted by Crippen LogP contribution is -2.51. The first-order valence-electron chi connectivity index (χ1n) is 7.79. The molecule has 5 heteroatoms. The van der Waals surface area contributed by atoms with Crippen LogP contribution in [0.2, 0.25) is 0 Å². The summed E-state index contributed by atoms with van der Waals surface area (Å²) >= 11 is 0. The lowest BCUT2D eigenvalue weighted by Gasteiger charge is -2.52. The number of hydrogen-bond donors (Lipinski definition) is 0. The Morgan fingerprint density at radius 1 is 1.18 bits per heavy atom. The van der Waals surface area contributed by atoms with Crippen LogP contribution in [0.15, 0.2) is 23.3 Å². The third-order valence-electron chi connectivity index (χ3n) is 6.03. The minimum absolute atomic E-state index is 0.0691. The van der Waals surface area contributed by atoms with Gasteiger partial charge >= 0.3 is 11.9 Å². The highest BCUT2D eigenvalue weighted by molar-refractivity contribution is 5.87. The monoisotopic (exact) mass is 304 g/mol. The van der Waals surface area contributed by atoms with E-state index in [1.807, 2.05) is 13.0 Å². The van der Waals surface area contributed by atoms with Crippen molar-refractivity contribution >= 4 is 11.9 Å². The Balaban J connectivity index is 1.92. The molecule has 0 amide bonds. The Morgan fingerprint density at radius 3 is 2.64 bits per heavy atom. The molecule has 0 radical (unpaired) electrons. The number of ether oxygens (including phenoxy) is 3. The van der Waals surface area contributed by atoms with Crippen LogP contribution in [-0.2, 0) is 23.8 Å². The summed E-state index contributed by atoms with van der Waals surface area (Å²) in [7, 11) is 1.52. The maximum absolute atomic E-state index is 12.4. The molecule has 2 aliphatic carbocycles. The van der Waals surface area contributed by atoms with E-state index >= 15 is 0 Å². The van der Waals surface area contributed by atoms with Crippen LogP contribution in [0.1, 0.15) is 33.1 Å². The van der Waals surface area contributed by atoms with Gasteiger partial charge in [-0.15, -0.1) is 0 Å². The first-order chi connectivity index (χ1) is 10.4. The molecule has 0 aromatic carbocycles. The molecule has 5 atom stereocenters. The van der Waals surface area contributed by atoms with E-state index in [9.17, 15) is 9.59 Å². The Labute approximate surface area is 129 Å².